The van der Waals surface area contributed by atoms with E-state index in [4.69, 9.17) is 4.55 Å². The zero-order valence-electron chi connectivity index (χ0n) is 8.86. The lowest BCUT2D eigenvalue weighted by molar-refractivity contribution is 0.483. The monoisotopic (exact) mass is 265 g/mol. The van der Waals surface area contributed by atoms with Crippen LogP contribution in [0.1, 0.15) is 0 Å². The number of benzene rings is 1. The third kappa shape index (κ3) is 1.67. The third-order valence-electron chi connectivity index (χ3n) is 2.54. The largest absolute Gasteiger partial charge is 0.294 e. The summed E-state index contributed by atoms with van der Waals surface area (Å²) in [4.78, 5) is 15.1. The summed E-state index contributed by atoms with van der Waals surface area (Å²) in [7, 11) is -4.25. The first-order valence-electron chi connectivity index (χ1n) is 4.93. The summed E-state index contributed by atoms with van der Waals surface area (Å²) in [5.74, 6) is 0. The van der Waals surface area contributed by atoms with Crippen molar-refractivity contribution in [1.82, 2.24) is 14.6 Å². The maximum atomic E-state index is 11.1. The Balaban J connectivity index is 2.40. The van der Waals surface area contributed by atoms with E-state index in [1.54, 1.807) is 0 Å². The maximum Gasteiger partial charge on any atom is 0.294 e. The molecule has 0 atom stereocenters. The van der Waals surface area contributed by atoms with E-state index in [9.17, 15) is 13.2 Å². The highest BCUT2D eigenvalue weighted by Crippen LogP contribution is 2.17. The van der Waals surface area contributed by atoms with E-state index in [2.05, 4.69) is 10.1 Å². The van der Waals surface area contributed by atoms with Crippen LogP contribution in [0, 0.1) is 0 Å². The van der Waals surface area contributed by atoms with E-state index >= 15 is 0 Å². The van der Waals surface area contributed by atoms with Crippen LogP contribution in [0.2, 0.25) is 0 Å². The Bertz CT molecular complexity index is 923. The Kier molecular flexibility index (Phi) is 2.07. The van der Waals surface area contributed by atoms with Gasteiger partial charge in [-0.3, -0.25) is 14.4 Å². The molecule has 92 valence electrons. The number of fused-ring (bicyclic) bond motifs is 2. The van der Waals surface area contributed by atoms with Gasteiger partial charge in [0.1, 0.15) is 0 Å². The second-order valence-corrected chi connectivity index (χ2v) is 5.21. The molecule has 2 heterocycles. The van der Waals surface area contributed by atoms with Crippen LogP contribution in [0.4, 0.5) is 0 Å². The summed E-state index contributed by atoms with van der Waals surface area (Å²) in [5, 5.41) is 2.99. The first-order valence-corrected chi connectivity index (χ1v) is 6.37. The van der Waals surface area contributed by atoms with Crippen LogP contribution in [-0.2, 0) is 10.1 Å². The highest BCUT2D eigenvalue weighted by Gasteiger charge is 2.11. The van der Waals surface area contributed by atoms with Crippen LogP contribution in [0.25, 0.3) is 16.6 Å². The highest BCUT2D eigenvalue weighted by atomic mass is 32.2. The van der Waals surface area contributed by atoms with E-state index in [0.29, 0.717) is 16.6 Å². The van der Waals surface area contributed by atoms with E-state index in [0.717, 1.165) is 0 Å². The molecule has 3 rings (SSSR count). The lowest BCUT2D eigenvalue weighted by atomic mass is 10.2. The molecular weight excluding hydrogens is 258 g/mol. The molecule has 0 aliphatic carbocycles. The Morgan fingerprint density at radius 2 is 2.06 bits per heavy atom. The fourth-order valence-electron chi connectivity index (χ4n) is 1.74. The van der Waals surface area contributed by atoms with Gasteiger partial charge in [-0.15, -0.1) is 0 Å². The van der Waals surface area contributed by atoms with E-state index < -0.39 is 10.1 Å². The number of rotatable bonds is 1. The molecule has 0 aliphatic heterocycles. The summed E-state index contributed by atoms with van der Waals surface area (Å²) < 4.78 is 32.4. The van der Waals surface area contributed by atoms with Crippen LogP contribution in [-0.4, -0.2) is 27.6 Å². The lowest BCUT2D eigenvalue weighted by Gasteiger charge is -2.01. The van der Waals surface area contributed by atoms with Gasteiger partial charge in [0.15, 0.2) is 5.65 Å². The van der Waals surface area contributed by atoms with E-state index in [1.807, 2.05) is 0 Å². The minimum absolute atomic E-state index is 0.217. The Morgan fingerprint density at radius 3 is 2.78 bits per heavy atom. The van der Waals surface area contributed by atoms with Crippen molar-refractivity contribution in [1.29, 1.82) is 0 Å². The van der Waals surface area contributed by atoms with Crippen LogP contribution in [0.15, 0.2) is 40.2 Å². The van der Waals surface area contributed by atoms with Gasteiger partial charge in [-0.05, 0) is 18.2 Å². The predicted molar refractivity (Wildman–Crippen MR) is 63.1 cm³/mol. The summed E-state index contributed by atoms with van der Waals surface area (Å²) >= 11 is 0. The minimum Gasteiger partial charge on any atom is -0.282 e. The molecule has 3 aromatic rings. The van der Waals surface area contributed by atoms with Crippen molar-refractivity contribution in [2.75, 3.05) is 0 Å². The third-order valence-corrected chi connectivity index (χ3v) is 3.39. The number of hydrogen-bond donors (Lipinski definition) is 2. The van der Waals surface area contributed by atoms with Crippen molar-refractivity contribution in [2.24, 2.45) is 0 Å². The Hall–Kier alpha value is -2.19. The molecule has 0 amide bonds. The molecule has 7 nitrogen and oxygen atoms in total. The molecule has 2 N–H and O–H groups in total. The Morgan fingerprint density at radius 1 is 1.28 bits per heavy atom. The van der Waals surface area contributed by atoms with Crippen LogP contribution in [0.3, 0.4) is 0 Å². The molecular formula is C10H7N3O4S. The molecule has 0 saturated heterocycles. The summed E-state index contributed by atoms with van der Waals surface area (Å²) in [6.45, 7) is 0. The fourth-order valence-corrected chi connectivity index (χ4v) is 2.26. The number of H-pyrrole nitrogens is 1. The zero-order valence-corrected chi connectivity index (χ0v) is 9.68. The average Bonchev–Trinajstić information content (AvgIpc) is 2.62. The average molecular weight is 265 g/mol. The second kappa shape index (κ2) is 3.40. The molecule has 0 radical (unpaired) electrons. The van der Waals surface area contributed by atoms with Gasteiger partial charge in [-0.25, -0.2) is 9.50 Å². The van der Waals surface area contributed by atoms with Crippen LogP contribution in [0.5, 0.6) is 0 Å². The van der Waals surface area contributed by atoms with E-state index in [-0.39, 0.29) is 10.5 Å². The minimum atomic E-state index is -4.25. The number of nitrogens with zero attached hydrogens (tertiary/aromatic N) is 2. The molecule has 0 saturated carbocycles. The molecule has 8 heteroatoms. The molecule has 1 aromatic carbocycles. The fraction of sp³-hybridized carbons (Fsp3) is 0. The number of aromatic nitrogens is 3. The molecule has 0 fully saturated rings. The van der Waals surface area contributed by atoms with Gasteiger partial charge in [0.2, 0.25) is 0 Å². The molecule has 0 unspecified atom stereocenters. The van der Waals surface area contributed by atoms with Gasteiger partial charge in [0.25, 0.3) is 15.7 Å². The summed E-state index contributed by atoms with van der Waals surface area (Å²) in [6, 6.07) is 5.34. The quantitative estimate of drug-likeness (QED) is 0.620. The van der Waals surface area contributed by atoms with Crippen molar-refractivity contribution in [3.63, 3.8) is 0 Å². The second-order valence-electron chi connectivity index (χ2n) is 3.79. The van der Waals surface area contributed by atoms with Gasteiger partial charge in [-0.2, -0.15) is 8.42 Å². The maximum absolute atomic E-state index is 11.1. The van der Waals surface area contributed by atoms with Crippen LogP contribution < -0.4 is 5.56 Å². The van der Waals surface area contributed by atoms with Gasteiger partial charge >= 0.3 is 0 Å². The number of nitrogens with one attached hydrogen (secondary N) is 1. The van der Waals surface area contributed by atoms with Crippen LogP contribution >= 0.6 is 0 Å². The Labute approximate surface area is 100 Å². The first-order chi connectivity index (χ1) is 8.43. The summed E-state index contributed by atoms with van der Waals surface area (Å²) in [6.07, 6.45) is 1.54. The van der Waals surface area contributed by atoms with Crippen molar-refractivity contribution < 1.29 is 13.0 Å². The topological polar surface area (TPSA) is 105 Å². The summed E-state index contributed by atoms with van der Waals surface area (Å²) in [5.41, 5.74) is 0.668. The predicted octanol–water partition coefficient (Wildman–Crippen LogP) is 0.422. The molecule has 18 heavy (non-hydrogen) atoms. The SMILES string of the molecule is O=c1cc2nc3ccc(S(=O)(=O)O)cc3cn2[nH]1. The molecule has 2 aromatic heterocycles. The normalized spacial score (nSPS) is 12.3. The molecule has 0 spiro atoms. The van der Waals surface area contributed by atoms with Gasteiger partial charge in [0.05, 0.1) is 10.4 Å². The number of aromatic amines is 1. The van der Waals surface area contributed by atoms with Gasteiger partial charge in [0, 0.05) is 17.6 Å². The molecule has 0 bridgehead atoms. The number of hydrogen-bond acceptors (Lipinski definition) is 4. The van der Waals surface area contributed by atoms with Crippen molar-refractivity contribution in [2.45, 2.75) is 4.90 Å². The van der Waals surface area contributed by atoms with Gasteiger partial charge < -0.3 is 0 Å². The molecule has 0 aliphatic rings. The lowest BCUT2D eigenvalue weighted by Crippen LogP contribution is -2.00. The highest BCUT2D eigenvalue weighted by molar-refractivity contribution is 7.85. The first kappa shape index (κ1) is 10.9. The van der Waals surface area contributed by atoms with Gasteiger partial charge in [-0.1, -0.05) is 0 Å². The standard InChI is InChI=1S/C10H7N3O4S/c14-10-4-9-11-8-2-1-7(18(15,16)17)3-6(8)5-13(9)12-10/h1-5H,(H,12,14)(H,15,16,17). The smallest absolute Gasteiger partial charge is 0.282 e. The van der Waals surface area contributed by atoms with E-state index in [1.165, 1.54) is 35.0 Å². The van der Waals surface area contributed by atoms with Crippen molar-refractivity contribution >= 4 is 26.7 Å². The van der Waals surface area contributed by atoms with Crippen molar-refractivity contribution in [3.8, 4) is 0 Å². The van der Waals surface area contributed by atoms with Crippen molar-refractivity contribution in [3.05, 3.63) is 40.8 Å². The zero-order chi connectivity index (χ0) is 12.9.